The van der Waals surface area contributed by atoms with Crippen molar-refractivity contribution in [1.29, 1.82) is 0 Å². The lowest BCUT2D eigenvalue weighted by molar-refractivity contribution is -0.131. The summed E-state index contributed by atoms with van der Waals surface area (Å²) in [5, 5.41) is 3.04. The molecule has 1 aromatic carbocycles. The van der Waals surface area contributed by atoms with Crippen molar-refractivity contribution in [2.24, 2.45) is 0 Å². The van der Waals surface area contributed by atoms with E-state index in [1.165, 1.54) is 5.56 Å². The molecule has 0 radical (unpaired) electrons. The Labute approximate surface area is 143 Å². The van der Waals surface area contributed by atoms with Crippen molar-refractivity contribution < 1.29 is 9.53 Å². The average Bonchev–Trinajstić information content (AvgIpc) is 2.61. The molecule has 126 valence electrons. The van der Waals surface area contributed by atoms with Gasteiger partial charge in [0.15, 0.2) is 0 Å². The van der Waals surface area contributed by atoms with Crippen LogP contribution in [0.2, 0.25) is 0 Å². The topological polar surface area (TPSA) is 51.2 Å². The number of hydrogen-bond acceptors (Lipinski definition) is 3. The Morgan fingerprint density at radius 1 is 1.29 bits per heavy atom. The molecule has 24 heavy (non-hydrogen) atoms. The number of carbonyl (C=O) groups is 1. The third-order valence-electron chi connectivity index (χ3n) is 3.76. The third kappa shape index (κ3) is 5.32. The van der Waals surface area contributed by atoms with Crippen molar-refractivity contribution in [1.82, 2.24) is 10.3 Å². The van der Waals surface area contributed by atoms with E-state index in [1.807, 2.05) is 18.2 Å². The van der Waals surface area contributed by atoms with Gasteiger partial charge in [-0.05, 0) is 38.0 Å². The zero-order valence-electron chi connectivity index (χ0n) is 14.2. The van der Waals surface area contributed by atoms with Gasteiger partial charge in [-0.1, -0.05) is 42.0 Å². The first-order valence-electron chi connectivity index (χ1n) is 8.09. The Morgan fingerprint density at radius 3 is 2.67 bits per heavy atom. The molecule has 0 saturated heterocycles. The van der Waals surface area contributed by atoms with E-state index in [0.717, 1.165) is 11.3 Å². The number of nitrogens with zero attached hydrogens (tertiary/aromatic N) is 1. The van der Waals surface area contributed by atoms with Crippen molar-refractivity contribution in [2.75, 3.05) is 6.61 Å². The molecule has 0 aliphatic rings. The molecule has 0 fully saturated rings. The fraction of sp³-hybridized carbons (Fsp3) is 0.300. The molecule has 1 aromatic heterocycles. The summed E-state index contributed by atoms with van der Waals surface area (Å²) in [5.41, 5.74) is 3.20. The van der Waals surface area contributed by atoms with Gasteiger partial charge >= 0.3 is 0 Å². The molecular formula is C20H24N2O2. The van der Waals surface area contributed by atoms with Crippen molar-refractivity contribution in [2.45, 2.75) is 32.4 Å². The second-order valence-corrected chi connectivity index (χ2v) is 5.77. The molecule has 0 saturated carbocycles. The molecule has 0 aliphatic heterocycles. The highest BCUT2D eigenvalue weighted by Crippen LogP contribution is 2.17. The Balaban J connectivity index is 2.12. The molecule has 1 amide bonds. The monoisotopic (exact) mass is 324 g/mol. The van der Waals surface area contributed by atoms with E-state index in [-0.39, 0.29) is 11.9 Å². The molecule has 0 spiro atoms. The number of benzene rings is 1. The summed E-state index contributed by atoms with van der Waals surface area (Å²) < 4.78 is 5.41. The normalized spacial score (nSPS) is 13.1. The summed E-state index contributed by atoms with van der Waals surface area (Å²) in [5.74, 6) is -0.153. The van der Waals surface area contributed by atoms with E-state index in [2.05, 4.69) is 48.1 Å². The minimum atomic E-state index is -0.535. The number of aryl methyl sites for hydroxylation is 1. The lowest BCUT2D eigenvalue weighted by atomic mass is 10.0. The summed E-state index contributed by atoms with van der Waals surface area (Å²) in [6.07, 6.45) is 3.51. The second-order valence-electron chi connectivity index (χ2n) is 5.77. The van der Waals surface area contributed by atoms with Crippen molar-refractivity contribution >= 4 is 5.91 Å². The fourth-order valence-electron chi connectivity index (χ4n) is 2.35. The lowest BCUT2D eigenvalue weighted by Gasteiger charge is -2.21. The number of rotatable bonds is 8. The van der Waals surface area contributed by atoms with Gasteiger partial charge in [-0.3, -0.25) is 9.78 Å². The zero-order chi connectivity index (χ0) is 17.4. The number of amides is 1. The van der Waals surface area contributed by atoms with E-state index in [1.54, 1.807) is 19.2 Å². The van der Waals surface area contributed by atoms with Crippen molar-refractivity contribution in [3.8, 4) is 0 Å². The Kier molecular flexibility index (Phi) is 6.70. The smallest absolute Gasteiger partial charge is 0.249 e. The number of carbonyl (C=O) groups excluding carboxylic acids is 1. The lowest BCUT2D eigenvalue weighted by Crippen LogP contribution is -2.38. The maximum atomic E-state index is 12.4. The first-order chi connectivity index (χ1) is 11.6. The van der Waals surface area contributed by atoms with Gasteiger partial charge in [0.05, 0.1) is 18.3 Å². The molecule has 4 heteroatoms. The van der Waals surface area contributed by atoms with Gasteiger partial charge in [-0.15, -0.1) is 6.58 Å². The van der Waals surface area contributed by atoms with Crippen molar-refractivity contribution in [3.05, 3.63) is 78.1 Å². The molecule has 2 aromatic rings. The summed E-state index contributed by atoms with van der Waals surface area (Å²) >= 11 is 0. The van der Waals surface area contributed by atoms with Crippen LogP contribution in [0.4, 0.5) is 0 Å². The first-order valence-corrected chi connectivity index (χ1v) is 8.09. The average molecular weight is 324 g/mol. The predicted molar refractivity (Wildman–Crippen MR) is 95.6 cm³/mol. The number of aromatic nitrogens is 1. The Hall–Kier alpha value is -2.46. The summed E-state index contributed by atoms with van der Waals surface area (Å²) in [6, 6.07) is 13.8. The van der Waals surface area contributed by atoms with Crippen LogP contribution in [0.25, 0.3) is 0 Å². The molecule has 0 bridgehead atoms. The van der Waals surface area contributed by atoms with Gasteiger partial charge in [0, 0.05) is 6.20 Å². The Morgan fingerprint density at radius 2 is 2.04 bits per heavy atom. The van der Waals surface area contributed by atoms with Crippen LogP contribution in [-0.2, 0) is 16.0 Å². The largest absolute Gasteiger partial charge is 0.365 e. The standard InChI is InChI=1S/C20H24N2O2/c1-4-13-24-16(3)20(23)22-19(18-7-5-6-12-21-18)14-17-10-8-15(2)9-11-17/h4-12,16,19H,1,13-14H2,2-3H3,(H,22,23)/t16-,19-/m1/s1. The zero-order valence-corrected chi connectivity index (χ0v) is 14.2. The van der Waals surface area contributed by atoms with Gasteiger partial charge in [0.25, 0.3) is 0 Å². The van der Waals surface area contributed by atoms with Gasteiger partial charge in [-0.25, -0.2) is 0 Å². The van der Waals surface area contributed by atoms with Gasteiger partial charge in [0.1, 0.15) is 6.10 Å². The minimum absolute atomic E-state index is 0.153. The van der Waals surface area contributed by atoms with Crippen LogP contribution < -0.4 is 5.32 Å². The minimum Gasteiger partial charge on any atom is -0.365 e. The highest BCUT2D eigenvalue weighted by molar-refractivity contribution is 5.80. The number of hydrogen-bond donors (Lipinski definition) is 1. The van der Waals surface area contributed by atoms with Crippen LogP contribution in [0, 0.1) is 6.92 Å². The van der Waals surface area contributed by atoms with E-state index in [0.29, 0.717) is 13.0 Å². The highest BCUT2D eigenvalue weighted by atomic mass is 16.5. The SMILES string of the molecule is C=CCO[C@H](C)C(=O)N[C@H](Cc1ccc(C)cc1)c1ccccn1. The molecule has 0 aliphatic carbocycles. The number of pyridine rings is 1. The van der Waals surface area contributed by atoms with Crippen LogP contribution in [0.15, 0.2) is 61.3 Å². The molecule has 1 heterocycles. The molecule has 2 atom stereocenters. The Bertz CT molecular complexity index is 653. The van der Waals surface area contributed by atoms with Gasteiger partial charge in [-0.2, -0.15) is 0 Å². The highest BCUT2D eigenvalue weighted by Gasteiger charge is 2.20. The second kappa shape index (κ2) is 8.99. The predicted octanol–water partition coefficient (Wildman–Crippen LogP) is 3.38. The van der Waals surface area contributed by atoms with E-state index >= 15 is 0 Å². The maximum absolute atomic E-state index is 12.4. The summed E-state index contributed by atoms with van der Waals surface area (Å²) in [7, 11) is 0. The quantitative estimate of drug-likeness (QED) is 0.757. The van der Waals surface area contributed by atoms with Gasteiger partial charge in [0.2, 0.25) is 5.91 Å². The number of nitrogens with one attached hydrogen (secondary N) is 1. The first kappa shape index (κ1) is 17.9. The summed E-state index contributed by atoms with van der Waals surface area (Å²) in [6.45, 7) is 7.74. The molecule has 4 nitrogen and oxygen atoms in total. The van der Waals surface area contributed by atoms with Crippen LogP contribution in [-0.4, -0.2) is 23.6 Å². The van der Waals surface area contributed by atoms with Crippen LogP contribution in [0.3, 0.4) is 0 Å². The van der Waals surface area contributed by atoms with Crippen LogP contribution in [0.1, 0.15) is 29.8 Å². The van der Waals surface area contributed by atoms with E-state index in [9.17, 15) is 4.79 Å². The van der Waals surface area contributed by atoms with E-state index < -0.39 is 6.10 Å². The summed E-state index contributed by atoms with van der Waals surface area (Å²) in [4.78, 5) is 16.8. The van der Waals surface area contributed by atoms with Crippen molar-refractivity contribution in [3.63, 3.8) is 0 Å². The number of ether oxygens (including phenoxy) is 1. The fourth-order valence-corrected chi connectivity index (χ4v) is 2.35. The van der Waals surface area contributed by atoms with Crippen LogP contribution in [0.5, 0.6) is 0 Å². The van der Waals surface area contributed by atoms with Crippen LogP contribution >= 0.6 is 0 Å². The van der Waals surface area contributed by atoms with Gasteiger partial charge < -0.3 is 10.1 Å². The molecule has 0 unspecified atom stereocenters. The van der Waals surface area contributed by atoms with E-state index in [4.69, 9.17) is 4.74 Å². The molecular weight excluding hydrogens is 300 g/mol. The third-order valence-corrected chi connectivity index (χ3v) is 3.76. The molecule has 1 N–H and O–H groups in total. The maximum Gasteiger partial charge on any atom is 0.249 e. The molecule has 2 rings (SSSR count).